The molecule has 3 aliphatic rings. The molecule has 0 spiro atoms. The Morgan fingerprint density at radius 3 is 0.700 bits per heavy atom. The van der Waals surface area contributed by atoms with Gasteiger partial charge < -0.3 is 62.1 Å². The molecule has 3 fully saturated rings. The smallest absolute Gasteiger partial charge is 0.318 e. The van der Waals surface area contributed by atoms with Crippen molar-refractivity contribution in [3.63, 3.8) is 0 Å². The molecular formula is C115H210N12O3. The summed E-state index contributed by atoms with van der Waals surface area (Å²) < 4.78 is 0. The molecule has 15 heteroatoms. The molecule has 0 aliphatic heterocycles. The molecule has 2 aromatic carbocycles. The molecule has 8 N–H and O–H groups in total. The van der Waals surface area contributed by atoms with Gasteiger partial charge in [0, 0.05) is 71.5 Å². The molecule has 0 aromatic heterocycles. The number of unbranched alkanes of at least 4 members (excludes halogenated alkanes) is 54. The third kappa shape index (κ3) is 54.7. The molecule has 5 rings (SSSR count). The van der Waals surface area contributed by atoms with Crippen LogP contribution in [0.25, 0.3) is 0 Å². The van der Waals surface area contributed by atoms with Crippen molar-refractivity contribution in [2.45, 2.75) is 566 Å². The highest BCUT2D eigenvalue weighted by Crippen LogP contribution is 2.34. The van der Waals surface area contributed by atoms with Crippen molar-refractivity contribution in [3.8, 4) is 0 Å². The summed E-state index contributed by atoms with van der Waals surface area (Å²) in [5.74, 6) is 2.88. The van der Waals surface area contributed by atoms with E-state index in [1.807, 2.05) is 0 Å². The molecule has 0 heterocycles. The van der Waals surface area contributed by atoms with Crippen LogP contribution in [0.2, 0.25) is 0 Å². The normalized spacial score (nSPS) is 16.8. The van der Waals surface area contributed by atoms with Gasteiger partial charge in [-0.25, -0.2) is 14.4 Å². The number of hydrogen-bond donors (Lipinski definition) is 8. The van der Waals surface area contributed by atoms with Gasteiger partial charge in [0.1, 0.15) is 0 Å². The maximum atomic E-state index is 15.6. The lowest BCUT2D eigenvalue weighted by Crippen LogP contribution is -2.59. The van der Waals surface area contributed by atoms with E-state index in [-0.39, 0.29) is 54.3 Å². The highest BCUT2D eigenvalue weighted by molar-refractivity contribution is 5.76. The summed E-state index contributed by atoms with van der Waals surface area (Å²) in [6.07, 6.45) is 89.2. The van der Waals surface area contributed by atoms with Gasteiger partial charge in [-0.15, -0.1) is 0 Å². The van der Waals surface area contributed by atoms with Gasteiger partial charge in [-0.05, 0) is 99.3 Å². The van der Waals surface area contributed by atoms with Crippen molar-refractivity contribution < 1.29 is 14.4 Å². The lowest BCUT2D eigenvalue weighted by Gasteiger charge is -2.45. The van der Waals surface area contributed by atoms with Crippen LogP contribution in [0.1, 0.15) is 526 Å². The van der Waals surface area contributed by atoms with Crippen molar-refractivity contribution in [3.05, 3.63) is 108 Å². The van der Waals surface area contributed by atoms with Gasteiger partial charge in [-0.2, -0.15) is 0 Å². The second-order valence-corrected chi connectivity index (χ2v) is 40.7. The minimum Gasteiger partial charge on any atom is -0.372 e. The van der Waals surface area contributed by atoms with Crippen LogP contribution in [0, 0.1) is 0 Å². The number of rotatable bonds is 86. The van der Waals surface area contributed by atoms with Gasteiger partial charge in [0.05, 0.1) is 47.7 Å². The Morgan fingerprint density at radius 1 is 0.238 bits per heavy atom. The number of benzene rings is 2. The van der Waals surface area contributed by atoms with Crippen LogP contribution in [-0.2, 0) is 26.2 Å². The molecular weight excluding hydrogens is 1600 g/mol. The topological polar surface area (TPSA) is 160 Å². The fourth-order valence-corrected chi connectivity index (χ4v) is 20.8. The molecule has 15 nitrogen and oxygen atoms in total. The molecule has 6 atom stereocenters. The second kappa shape index (κ2) is 79.5. The zero-order valence-electron chi connectivity index (χ0n) is 86.2. The Balaban J connectivity index is 1.43. The first-order chi connectivity index (χ1) is 63.9. The average Bonchev–Trinajstić information content (AvgIpc) is 0.792. The number of urea groups is 3. The van der Waals surface area contributed by atoms with Crippen molar-refractivity contribution in [2.24, 2.45) is 0 Å². The summed E-state index contributed by atoms with van der Waals surface area (Å²) in [7, 11) is 0. The Kier molecular flexibility index (Phi) is 70.2. The van der Waals surface area contributed by atoms with Crippen molar-refractivity contribution in [1.82, 2.24) is 62.1 Å². The minimum absolute atomic E-state index is 0.0119. The van der Waals surface area contributed by atoms with Crippen LogP contribution in [-0.4, -0.2) is 113 Å². The van der Waals surface area contributed by atoms with E-state index in [4.69, 9.17) is 13.2 Å². The quantitative estimate of drug-likeness (QED) is 0.0302. The van der Waals surface area contributed by atoms with Crippen LogP contribution in [0.3, 0.4) is 0 Å². The third-order valence-electron chi connectivity index (χ3n) is 29.1. The molecule has 130 heavy (non-hydrogen) atoms. The number of carbonyl (C=O) groups is 3. The molecule has 3 saturated carbocycles. The van der Waals surface area contributed by atoms with Crippen LogP contribution >= 0.6 is 0 Å². The first-order valence-corrected chi connectivity index (χ1v) is 56.8. The molecule has 6 amide bonds. The van der Waals surface area contributed by atoms with Gasteiger partial charge in [-0.1, -0.05) is 495 Å². The third-order valence-corrected chi connectivity index (χ3v) is 29.1. The van der Waals surface area contributed by atoms with Crippen LogP contribution in [0.4, 0.5) is 14.4 Å². The van der Waals surface area contributed by atoms with Gasteiger partial charge in [0.25, 0.3) is 0 Å². The van der Waals surface area contributed by atoms with Gasteiger partial charge in [-0.3, -0.25) is 0 Å². The Morgan fingerprint density at radius 2 is 0.438 bits per heavy atom. The van der Waals surface area contributed by atoms with E-state index < -0.39 is 0 Å². The van der Waals surface area contributed by atoms with E-state index in [9.17, 15) is 4.79 Å². The van der Waals surface area contributed by atoms with Gasteiger partial charge in [0.15, 0.2) is 0 Å². The number of carbonyl (C=O) groups excluding carboxylic acids is 3. The Labute approximate surface area is 803 Å². The minimum atomic E-state index is -0.206. The molecule has 3 aliphatic carbocycles. The van der Waals surface area contributed by atoms with E-state index in [2.05, 4.69) is 159 Å². The monoisotopic (exact) mass is 1810 g/mol. The van der Waals surface area contributed by atoms with Crippen LogP contribution in [0.15, 0.2) is 85.7 Å². The lowest BCUT2D eigenvalue weighted by atomic mass is 9.87. The standard InChI is InChI=1S/C115H210N12O3/c1-10-16-22-28-34-40-46-52-58-70-90-116-100(7)122-107-76-64-66-78-109(107)124(101(8)117-91-71-59-53-47-41-35-29-23-17-11-2)96-103-82-86-105(87-83-103)98-126(114(129)120-94-74-62-56-50-44-38-32-26-20-14-5)111-80-68-69-81-112(111)127(115(130)121-95-75-63-57-51-45-39-33-27-21-15-6)99-106-88-84-104(85-89-106)97-125(102(9)118-92-72-60-54-48-42-36-30-24-18-12-3)110-79-67-65-77-108(110)123-113(128)119-93-73-61-55-49-43-37-31-25-19-13-4/h82-89,107-112,116-118,122H,7-81,90-99H2,1-6H3,(H,120,129)(H,121,130)(H2,119,123,128). The zero-order valence-corrected chi connectivity index (χ0v) is 86.2. The summed E-state index contributed by atoms with van der Waals surface area (Å²) >= 11 is 0. The highest BCUT2D eigenvalue weighted by Gasteiger charge is 2.40. The molecule has 748 valence electrons. The summed E-state index contributed by atoms with van der Waals surface area (Å²) in [5, 5.41) is 29.2. The summed E-state index contributed by atoms with van der Waals surface area (Å²) in [4.78, 5) is 54.4. The first kappa shape index (κ1) is 115. The summed E-state index contributed by atoms with van der Waals surface area (Å²) in [5.41, 5.74) is 4.59. The van der Waals surface area contributed by atoms with Crippen molar-refractivity contribution in [1.29, 1.82) is 0 Å². The summed E-state index contributed by atoms with van der Waals surface area (Å²) in [6, 6.07) is 18.3. The zero-order chi connectivity index (χ0) is 92.8. The predicted octanol–water partition coefficient (Wildman–Crippen LogP) is 31.5. The molecule has 0 radical (unpaired) electrons. The number of amides is 6. The fraction of sp³-hybridized carbons (Fsp3) is 0.817. The molecule has 0 bridgehead atoms. The SMILES string of the molecule is C=C(NCCCCCCCCCCCC)NC1CCCCC1N(Cc1ccc(CN(C(=O)NCCCCCCCCCCCC)C2CCCCC2N(Cc2ccc(CN(C(=C)NCCCCCCCCCCCC)C3CCCCC3NC(=O)NCCCCCCCCCCCC)cc2)C(=O)NCCCCCCCCCCCC)cc1)C(=C)NCCCCCCCCCCCC. The summed E-state index contributed by atoms with van der Waals surface area (Å²) in [6.45, 7) is 35.0. The Bertz CT molecular complexity index is 2840. The van der Waals surface area contributed by atoms with Gasteiger partial charge >= 0.3 is 18.1 Å². The maximum Gasteiger partial charge on any atom is 0.318 e. The Hall–Kier alpha value is -5.73. The maximum absolute atomic E-state index is 15.6. The lowest BCUT2D eigenvalue weighted by molar-refractivity contribution is 0.0725. The van der Waals surface area contributed by atoms with E-state index in [0.717, 1.165) is 170 Å². The van der Waals surface area contributed by atoms with Crippen LogP contribution in [0.5, 0.6) is 0 Å². The van der Waals surface area contributed by atoms with Crippen molar-refractivity contribution >= 4 is 18.1 Å². The molecule has 2 aromatic rings. The average molecular weight is 1810 g/mol. The van der Waals surface area contributed by atoms with Crippen LogP contribution < -0.4 is 42.5 Å². The molecule has 6 unspecified atom stereocenters. The van der Waals surface area contributed by atoms with Crippen molar-refractivity contribution in [2.75, 3.05) is 39.3 Å². The van der Waals surface area contributed by atoms with E-state index in [0.29, 0.717) is 39.3 Å². The van der Waals surface area contributed by atoms with E-state index in [1.165, 1.54) is 358 Å². The largest absolute Gasteiger partial charge is 0.372 e. The van der Waals surface area contributed by atoms with E-state index in [1.54, 1.807) is 0 Å². The number of nitrogens with one attached hydrogen (secondary N) is 8. The number of hydrogen-bond acceptors (Lipinski definition) is 9. The second-order valence-electron chi connectivity index (χ2n) is 40.7. The fourth-order valence-electron chi connectivity index (χ4n) is 20.8. The van der Waals surface area contributed by atoms with E-state index >= 15 is 9.59 Å². The molecule has 0 saturated heterocycles. The highest BCUT2D eigenvalue weighted by atomic mass is 16.2. The van der Waals surface area contributed by atoms with Gasteiger partial charge in [0.2, 0.25) is 0 Å². The number of nitrogens with zero attached hydrogens (tertiary/aromatic N) is 4. The first-order valence-electron chi connectivity index (χ1n) is 56.8. The predicted molar refractivity (Wildman–Crippen MR) is 562 cm³/mol.